The fraction of sp³-hybridized carbons (Fsp3) is 0.705. The number of hydrogen-bond donors (Lipinski definition) is 3. The minimum Gasteiger partial charge on any atom is -0.458 e. The number of benzene rings is 1. The largest absolute Gasteiger partial charge is 0.458 e. The molecule has 1 fully saturated rings. The second-order valence-electron chi connectivity index (χ2n) is 17.0. The number of ether oxygens (including phenoxy) is 5. The number of nitrogens with one attached hydrogen (secondary N) is 3. The number of rotatable bonds is 23. The molecule has 2 rings (SSSR count). The average molecular weight is 832 g/mol. The summed E-state index contributed by atoms with van der Waals surface area (Å²) in [5.74, 6) is -6.51. The van der Waals surface area contributed by atoms with Crippen molar-refractivity contribution in [2.45, 2.75) is 163 Å². The Hall–Kier alpha value is -4.53. The van der Waals surface area contributed by atoms with E-state index in [9.17, 15) is 33.6 Å². The van der Waals surface area contributed by atoms with Crippen molar-refractivity contribution >= 4 is 41.6 Å². The third-order valence-electron chi connectivity index (χ3n) is 10.3. The van der Waals surface area contributed by atoms with E-state index in [1.807, 2.05) is 19.9 Å². The van der Waals surface area contributed by atoms with E-state index >= 15 is 0 Å². The third-order valence-corrected chi connectivity index (χ3v) is 10.3. The van der Waals surface area contributed by atoms with E-state index in [-0.39, 0.29) is 24.9 Å². The minimum absolute atomic E-state index is 0.00968. The first-order valence-electron chi connectivity index (χ1n) is 21.0. The summed E-state index contributed by atoms with van der Waals surface area (Å²) in [6, 6.07) is 5.49. The Morgan fingerprint density at radius 1 is 0.576 bits per heavy atom. The van der Waals surface area contributed by atoms with Crippen LogP contribution in [0.5, 0.6) is 0 Å². The molecule has 0 heterocycles. The van der Waals surface area contributed by atoms with Gasteiger partial charge in [0.2, 0.25) is 5.91 Å². The third kappa shape index (κ3) is 17.3. The SMILES string of the molecule is CO[C@H](CC1CCCCC1)C(=O)N[C@@H](C(=O)O[C@@H](C)C(=O)N[C@H](C(=O)O[C@H](CC(C)C)C(=O)N[C@@H](C(=O)O[C@@H](C)C(=O)OCc1ccccc1)C(C)C)C(C)C)C(C)C. The van der Waals surface area contributed by atoms with Crippen LogP contribution in [0.3, 0.4) is 0 Å². The molecular weight excluding hydrogens is 762 g/mol. The number of carbonyl (C=O) groups excluding carboxylic acids is 7. The van der Waals surface area contributed by atoms with Gasteiger partial charge in [0.15, 0.2) is 18.3 Å². The molecule has 1 saturated carbocycles. The summed E-state index contributed by atoms with van der Waals surface area (Å²) in [5, 5.41) is 7.95. The van der Waals surface area contributed by atoms with Crippen LogP contribution in [0.4, 0.5) is 0 Å². The molecular formula is C44H69N3O12. The van der Waals surface area contributed by atoms with Crippen LogP contribution >= 0.6 is 0 Å². The van der Waals surface area contributed by atoms with Gasteiger partial charge in [-0.05, 0) is 61.8 Å². The maximum absolute atomic E-state index is 13.6. The second-order valence-corrected chi connectivity index (χ2v) is 17.0. The van der Waals surface area contributed by atoms with Crippen LogP contribution in [0.25, 0.3) is 0 Å². The van der Waals surface area contributed by atoms with E-state index < -0.39 is 96.0 Å². The Kier molecular flexibility index (Phi) is 21.6. The maximum atomic E-state index is 13.6. The van der Waals surface area contributed by atoms with Gasteiger partial charge in [-0.1, -0.05) is 118 Å². The summed E-state index contributed by atoms with van der Waals surface area (Å²) in [6.45, 7) is 16.5. The van der Waals surface area contributed by atoms with Gasteiger partial charge in [-0.3, -0.25) is 14.4 Å². The zero-order valence-electron chi connectivity index (χ0n) is 36.9. The van der Waals surface area contributed by atoms with E-state index in [2.05, 4.69) is 16.0 Å². The molecule has 1 aliphatic rings. The number of methoxy groups -OCH3 is 1. The summed E-state index contributed by atoms with van der Waals surface area (Å²) in [4.78, 5) is 92.9. The monoisotopic (exact) mass is 831 g/mol. The zero-order valence-corrected chi connectivity index (χ0v) is 36.9. The predicted octanol–water partition coefficient (Wildman–Crippen LogP) is 4.96. The topological polar surface area (TPSA) is 202 Å². The summed E-state index contributed by atoms with van der Waals surface area (Å²) in [6.07, 6.45) is 1.37. The summed E-state index contributed by atoms with van der Waals surface area (Å²) in [7, 11) is 1.46. The lowest BCUT2D eigenvalue weighted by Gasteiger charge is -2.29. The van der Waals surface area contributed by atoms with E-state index in [4.69, 9.17) is 23.7 Å². The lowest BCUT2D eigenvalue weighted by atomic mass is 9.85. The highest BCUT2D eigenvalue weighted by Crippen LogP contribution is 2.28. The first-order valence-corrected chi connectivity index (χ1v) is 21.0. The summed E-state index contributed by atoms with van der Waals surface area (Å²) in [5.41, 5.74) is 0.757. The molecule has 15 nitrogen and oxygen atoms in total. The minimum atomic E-state index is -1.36. The first-order chi connectivity index (χ1) is 27.7. The average Bonchev–Trinajstić information content (AvgIpc) is 3.18. The van der Waals surface area contributed by atoms with Gasteiger partial charge in [0.05, 0.1) is 0 Å². The molecule has 0 bridgehead atoms. The van der Waals surface area contributed by atoms with Crippen molar-refractivity contribution in [3.8, 4) is 0 Å². The van der Waals surface area contributed by atoms with Crippen molar-refractivity contribution in [1.29, 1.82) is 0 Å². The standard InChI is InChI=1S/C44H69N3O12/c1-25(2)22-34(40(50)47-36(27(5)6)43(53)58-30(10)41(51)56-24-32-20-16-13-17-21-32)59-44(54)37(28(7)8)45-38(48)29(9)57-42(52)35(26(3)4)46-39(49)33(55-11)23-31-18-14-12-15-19-31/h13,16-17,20-21,25-31,33-37H,12,14-15,18-19,22-24H2,1-11H3,(H,45,48)(H,46,49)(H,47,50)/t29-,30-,33+,34+,35+,36+,37-/m0/s1. The zero-order chi connectivity index (χ0) is 44.4. The smallest absolute Gasteiger partial charge is 0.347 e. The molecule has 0 aromatic heterocycles. The van der Waals surface area contributed by atoms with E-state index in [0.29, 0.717) is 12.3 Å². The molecule has 332 valence electrons. The van der Waals surface area contributed by atoms with Gasteiger partial charge >= 0.3 is 23.9 Å². The van der Waals surface area contributed by atoms with Crippen LogP contribution in [-0.2, 0) is 63.9 Å². The van der Waals surface area contributed by atoms with Crippen molar-refractivity contribution < 1.29 is 57.2 Å². The predicted molar refractivity (Wildman–Crippen MR) is 219 cm³/mol. The molecule has 1 aromatic carbocycles. The van der Waals surface area contributed by atoms with Gasteiger partial charge < -0.3 is 39.6 Å². The lowest BCUT2D eigenvalue weighted by Crippen LogP contribution is -2.54. The van der Waals surface area contributed by atoms with Gasteiger partial charge in [0, 0.05) is 7.11 Å². The van der Waals surface area contributed by atoms with Crippen molar-refractivity contribution in [1.82, 2.24) is 16.0 Å². The van der Waals surface area contributed by atoms with Crippen LogP contribution < -0.4 is 16.0 Å². The van der Waals surface area contributed by atoms with E-state index in [1.165, 1.54) is 27.4 Å². The van der Waals surface area contributed by atoms with Crippen LogP contribution in [0.1, 0.15) is 120 Å². The maximum Gasteiger partial charge on any atom is 0.347 e. The molecule has 7 atom stereocenters. The molecule has 59 heavy (non-hydrogen) atoms. The number of carbonyl (C=O) groups is 7. The summed E-state index contributed by atoms with van der Waals surface area (Å²) >= 11 is 0. The molecule has 0 saturated heterocycles. The highest BCUT2D eigenvalue weighted by Gasteiger charge is 2.37. The van der Waals surface area contributed by atoms with Crippen LogP contribution in [-0.4, -0.2) is 91.2 Å². The second kappa shape index (κ2) is 25.2. The van der Waals surface area contributed by atoms with E-state index in [1.54, 1.807) is 65.8 Å². The van der Waals surface area contributed by atoms with Crippen molar-refractivity contribution in [3.05, 3.63) is 35.9 Å². The highest BCUT2D eigenvalue weighted by atomic mass is 16.6. The van der Waals surface area contributed by atoms with Gasteiger partial charge in [0.25, 0.3) is 11.8 Å². The molecule has 3 amide bonds. The molecule has 0 radical (unpaired) electrons. The fourth-order valence-electron chi connectivity index (χ4n) is 6.59. The van der Waals surface area contributed by atoms with Gasteiger partial charge in [-0.15, -0.1) is 0 Å². The Morgan fingerprint density at radius 3 is 1.51 bits per heavy atom. The molecule has 1 aromatic rings. The van der Waals surface area contributed by atoms with Gasteiger partial charge in [-0.2, -0.15) is 0 Å². The number of esters is 4. The Bertz CT molecular complexity index is 1530. The normalized spacial score (nSPS) is 16.9. The molecule has 15 heteroatoms. The quantitative estimate of drug-likeness (QED) is 0.0991. The fourth-order valence-corrected chi connectivity index (χ4v) is 6.59. The van der Waals surface area contributed by atoms with Crippen LogP contribution in [0, 0.1) is 29.6 Å². The number of hydrogen-bond acceptors (Lipinski definition) is 12. The molecule has 0 spiro atoms. The van der Waals surface area contributed by atoms with Crippen molar-refractivity contribution in [3.63, 3.8) is 0 Å². The Balaban J connectivity index is 2.07. The van der Waals surface area contributed by atoms with Crippen LogP contribution in [0.15, 0.2) is 30.3 Å². The van der Waals surface area contributed by atoms with E-state index in [0.717, 1.165) is 31.2 Å². The Labute approximate surface area is 350 Å². The Morgan fingerprint density at radius 2 is 1.03 bits per heavy atom. The van der Waals surface area contributed by atoms with Crippen molar-refractivity contribution in [2.75, 3.05) is 7.11 Å². The van der Waals surface area contributed by atoms with Gasteiger partial charge in [0.1, 0.15) is 30.8 Å². The molecule has 3 N–H and O–H groups in total. The highest BCUT2D eigenvalue weighted by molar-refractivity contribution is 5.92. The number of amides is 3. The molecule has 0 aliphatic heterocycles. The van der Waals surface area contributed by atoms with Gasteiger partial charge in [-0.25, -0.2) is 19.2 Å². The van der Waals surface area contributed by atoms with Crippen molar-refractivity contribution in [2.24, 2.45) is 29.6 Å². The molecule has 0 unspecified atom stereocenters. The van der Waals surface area contributed by atoms with Crippen LogP contribution in [0.2, 0.25) is 0 Å². The lowest BCUT2D eigenvalue weighted by molar-refractivity contribution is -0.170. The molecule has 1 aliphatic carbocycles. The first kappa shape index (κ1) is 50.6. The summed E-state index contributed by atoms with van der Waals surface area (Å²) < 4.78 is 27.3.